The van der Waals surface area contributed by atoms with Crippen LogP contribution in [-0.4, -0.2) is 5.11 Å². The zero-order valence-electron chi connectivity index (χ0n) is 8.14. The number of hydrogen-bond donors (Lipinski definition) is 3. The maximum atomic E-state index is 9.16. The third kappa shape index (κ3) is 1.86. The minimum absolute atomic E-state index is 0.252. The number of benzene rings is 2. The summed E-state index contributed by atoms with van der Waals surface area (Å²) >= 11 is 0. The van der Waals surface area contributed by atoms with E-state index in [0.29, 0.717) is 11.4 Å². The van der Waals surface area contributed by atoms with Gasteiger partial charge >= 0.3 is 0 Å². The smallest absolute Gasteiger partial charge is 0.115 e. The highest BCUT2D eigenvalue weighted by molar-refractivity contribution is 5.74. The molecular weight excluding hydrogens is 188 g/mol. The van der Waals surface area contributed by atoms with E-state index in [1.807, 2.05) is 24.3 Å². The molecule has 0 heterocycles. The van der Waals surface area contributed by atoms with Gasteiger partial charge in [-0.1, -0.05) is 18.2 Å². The van der Waals surface area contributed by atoms with Crippen molar-refractivity contribution in [2.75, 3.05) is 11.5 Å². The number of aromatic hydroxyl groups is 1. The van der Waals surface area contributed by atoms with Crippen LogP contribution in [0, 0.1) is 0 Å². The SMILES string of the molecule is Nc1ccc(-c2ccc(O)cc2)cc1N. The quantitative estimate of drug-likeness (QED) is 0.618. The van der Waals surface area contributed by atoms with Gasteiger partial charge in [-0.15, -0.1) is 0 Å². The number of phenols is 1. The highest BCUT2D eigenvalue weighted by Crippen LogP contribution is 2.26. The molecule has 0 aromatic heterocycles. The summed E-state index contributed by atoms with van der Waals surface area (Å²) in [6.07, 6.45) is 0. The Kier molecular flexibility index (Phi) is 2.21. The second kappa shape index (κ2) is 3.53. The van der Waals surface area contributed by atoms with Gasteiger partial charge in [0.05, 0.1) is 11.4 Å². The molecule has 0 saturated carbocycles. The van der Waals surface area contributed by atoms with Crippen molar-refractivity contribution in [1.29, 1.82) is 0 Å². The summed E-state index contributed by atoms with van der Waals surface area (Å²) in [6.45, 7) is 0. The molecule has 0 atom stereocenters. The van der Waals surface area contributed by atoms with E-state index in [4.69, 9.17) is 16.6 Å². The van der Waals surface area contributed by atoms with Gasteiger partial charge in [-0.2, -0.15) is 0 Å². The van der Waals surface area contributed by atoms with Gasteiger partial charge in [-0.05, 0) is 35.4 Å². The lowest BCUT2D eigenvalue weighted by atomic mass is 10.0. The first-order valence-electron chi connectivity index (χ1n) is 4.61. The molecule has 0 saturated heterocycles. The Bertz CT molecular complexity index is 477. The first kappa shape index (κ1) is 9.40. The van der Waals surface area contributed by atoms with E-state index in [0.717, 1.165) is 11.1 Å². The van der Waals surface area contributed by atoms with Crippen LogP contribution < -0.4 is 11.5 Å². The Hall–Kier alpha value is -2.16. The van der Waals surface area contributed by atoms with Crippen molar-refractivity contribution in [1.82, 2.24) is 0 Å². The lowest BCUT2D eigenvalue weighted by Crippen LogP contribution is -1.94. The summed E-state index contributed by atoms with van der Waals surface area (Å²) in [6, 6.07) is 12.4. The van der Waals surface area contributed by atoms with Crippen molar-refractivity contribution < 1.29 is 5.11 Å². The molecule has 15 heavy (non-hydrogen) atoms. The van der Waals surface area contributed by atoms with Crippen molar-refractivity contribution in [3.63, 3.8) is 0 Å². The largest absolute Gasteiger partial charge is 0.508 e. The predicted octanol–water partition coefficient (Wildman–Crippen LogP) is 2.22. The molecule has 0 unspecified atom stereocenters. The third-order valence-electron chi connectivity index (χ3n) is 2.29. The molecule has 2 aromatic carbocycles. The van der Waals surface area contributed by atoms with Gasteiger partial charge in [-0.25, -0.2) is 0 Å². The molecule has 0 radical (unpaired) electrons. The average molecular weight is 200 g/mol. The van der Waals surface area contributed by atoms with Crippen LogP contribution in [-0.2, 0) is 0 Å². The summed E-state index contributed by atoms with van der Waals surface area (Å²) in [7, 11) is 0. The van der Waals surface area contributed by atoms with E-state index in [1.54, 1.807) is 18.2 Å². The standard InChI is InChI=1S/C12H12N2O/c13-11-6-3-9(7-12(11)14)8-1-4-10(15)5-2-8/h1-7,15H,13-14H2. The molecule has 76 valence electrons. The number of rotatable bonds is 1. The van der Waals surface area contributed by atoms with E-state index < -0.39 is 0 Å². The maximum absolute atomic E-state index is 9.16. The highest BCUT2D eigenvalue weighted by Gasteiger charge is 2.00. The number of nitrogen functional groups attached to an aromatic ring is 2. The van der Waals surface area contributed by atoms with Crippen LogP contribution >= 0.6 is 0 Å². The number of hydrogen-bond acceptors (Lipinski definition) is 3. The van der Waals surface area contributed by atoms with Crippen molar-refractivity contribution in [2.24, 2.45) is 0 Å². The van der Waals surface area contributed by atoms with Crippen LogP contribution in [0.2, 0.25) is 0 Å². The monoisotopic (exact) mass is 200 g/mol. The van der Waals surface area contributed by atoms with Crippen LogP contribution in [0.3, 0.4) is 0 Å². The molecule has 0 aliphatic rings. The molecule has 3 nitrogen and oxygen atoms in total. The molecule has 3 heteroatoms. The fourth-order valence-electron chi connectivity index (χ4n) is 1.41. The number of phenolic OH excluding ortho intramolecular Hbond substituents is 1. The highest BCUT2D eigenvalue weighted by atomic mass is 16.3. The minimum Gasteiger partial charge on any atom is -0.508 e. The number of anilines is 2. The first-order chi connectivity index (χ1) is 7.16. The fraction of sp³-hybridized carbons (Fsp3) is 0. The summed E-state index contributed by atoms with van der Waals surface area (Å²) in [5, 5.41) is 9.16. The minimum atomic E-state index is 0.252. The molecule has 2 aromatic rings. The lowest BCUT2D eigenvalue weighted by Gasteiger charge is -2.05. The van der Waals surface area contributed by atoms with Crippen molar-refractivity contribution in [3.05, 3.63) is 42.5 Å². The topological polar surface area (TPSA) is 72.3 Å². The Morgan fingerprint density at radius 1 is 0.733 bits per heavy atom. The molecule has 0 spiro atoms. The molecule has 0 fully saturated rings. The van der Waals surface area contributed by atoms with Crippen molar-refractivity contribution in [2.45, 2.75) is 0 Å². The molecule has 2 rings (SSSR count). The fourth-order valence-corrected chi connectivity index (χ4v) is 1.41. The van der Waals surface area contributed by atoms with E-state index in [2.05, 4.69) is 0 Å². The van der Waals surface area contributed by atoms with Crippen LogP contribution in [0.5, 0.6) is 5.75 Å². The van der Waals surface area contributed by atoms with Crippen LogP contribution in [0.15, 0.2) is 42.5 Å². The Balaban J connectivity index is 2.45. The van der Waals surface area contributed by atoms with Crippen LogP contribution in [0.4, 0.5) is 11.4 Å². The summed E-state index contributed by atoms with van der Waals surface area (Å²) in [5.41, 5.74) is 14.5. The van der Waals surface area contributed by atoms with E-state index in [9.17, 15) is 0 Å². The third-order valence-corrected chi connectivity index (χ3v) is 2.29. The van der Waals surface area contributed by atoms with Crippen molar-refractivity contribution in [3.8, 4) is 16.9 Å². The zero-order valence-corrected chi connectivity index (χ0v) is 8.14. The van der Waals surface area contributed by atoms with Gasteiger partial charge in [-0.3, -0.25) is 0 Å². The van der Waals surface area contributed by atoms with E-state index in [-0.39, 0.29) is 5.75 Å². The van der Waals surface area contributed by atoms with Gasteiger partial charge < -0.3 is 16.6 Å². The molecular formula is C12H12N2O. The maximum Gasteiger partial charge on any atom is 0.115 e. The number of nitrogens with two attached hydrogens (primary N) is 2. The van der Waals surface area contributed by atoms with E-state index >= 15 is 0 Å². The van der Waals surface area contributed by atoms with Gasteiger partial charge in [0, 0.05) is 0 Å². The normalized spacial score (nSPS) is 10.1. The van der Waals surface area contributed by atoms with Gasteiger partial charge in [0.25, 0.3) is 0 Å². The summed E-state index contributed by atoms with van der Waals surface area (Å²) < 4.78 is 0. The molecule has 0 amide bonds. The Labute approximate surface area is 88.0 Å². The lowest BCUT2D eigenvalue weighted by molar-refractivity contribution is 0.475. The van der Waals surface area contributed by atoms with Crippen molar-refractivity contribution >= 4 is 11.4 Å². The summed E-state index contributed by atoms with van der Waals surface area (Å²) in [5.74, 6) is 0.252. The molecule has 0 aliphatic heterocycles. The van der Waals surface area contributed by atoms with Gasteiger partial charge in [0.1, 0.15) is 5.75 Å². The second-order valence-electron chi connectivity index (χ2n) is 3.39. The molecule has 0 aliphatic carbocycles. The molecule has 0 bridgehead atoms. The van der Waals surface area contributed by atoms with Crippen LogP contribution in [0.25, 0.3) is 11.1 Å². The average Bonchev–Trinajstić information content (AvgIpc) is 2.23. The molecule has 5 N–H and O–H groups in total. The van der Waals surface area contributed by atoms with Crippen LogP contribution in [0.1, 0.15) is 0 Å². The Morgan fingerprint density at radius 3 is 1.93 bits per heavy atom. The van der Waals surface area contributed by atoms with Gasteiger partial charge in [0.15, 0.2) is 0 Å². The first-order valence-corrected chi connectivity index (χ1v) is 4.61. The zero-order chi connectivity index (χ0) is 10.8. The predicted molar refractivity (Wildman–Crippen MR) is 62.4 cm³/mol. The van der Waals surface area contributed by atoms with Gasteiger partial charge in [0.2, 0.25) is 0 Å². The summed E-state index contributed by atoms with van der Waals surface area (Å²) in [4.78, 5) is 0. The second-order valence-corrected chi connectivity index (χ2v) is 3.39. The Morgan fingerprint density at radius 2 is 1.33 bits per heavy atom. The van der Waals surface area contributed by atoms with E-state index in [1.165, 1.54) is 0 Å².